The first-order valence-electron chi connectivity index (χ1n) is 7.32. The predicted molar refractivity (Wildman–Crippen MR) is 85.6 cm³/mol. The molecule has 1 aliphatic heterocycles. The Morgan fingerprint density at radius 1 is 1.23 bits per heavy atom. The number of benzene rings is 1. The van der Waals surface area contributed by atoms with Gasteiger partial charge >= 0.3 is 0 Å². The Labute approximate surface area is 131 Å². The lowest BCUT2D eigenvalue weighted by atomic mass is 10.1. The molecule has 122 valence electrons. The van der Waals surface area contributed by atoms with Gasteiger partial charge in [-0.3, -0.25) is 9.10 Å². The summed E-state index contributed by atoms with van der Waals surface area (Å²) in [6.07, 6.45) is 4.16. The Morgan fingerprint density at radius 2 is 1.86 bits per heavy atom. The first kappa shape index (κ1) is 16.6. The zero-order valence-electron chi connectivity index (χ0n) is 13.0. The molecule has 2 rings (SSSR count). The molecule has 0 saturated carbocycles. The number of ether oxygens (including phenoxy) is 1. The fraction of sp³-hybridized carbons (Fsp3) is 0.533. The second-order valence-corrected chi connectivity index (χ2v) is 7.29. The van der Waals surface area contributed by atoms with Crippen LogP contribution < -0.4 is 9.04 Å². The van der Waals surface area contributed by atoms with Crippen molar-refractivity contribution >= 4 is 21.6 Å². The summed E-state index contributed by atoms with van der Waals surface area (Å²) in [7, 11) is -2.10. The van der Waals surface area contributed by atoms with Gasteiger partial charge < -0.3 is 9.64 Å². The summed E-state index contributed by atoms with van der Waals surface area (Å²) >= 11 is 0. The maximum absolute atomic E-state index is 12.4. The molecule has 6 nitrogen and oxygen atoms in total. The molecule has 0 spiro atoms. The maximum atomic E-state index is 12.4. The lowest BCUT2D eigenvalue weighted by molar-refractivity contribution is -0.130. The number of amides is 1. The minimum absolute atomic E-state index is 0.170. The average molecular weight is 326 g/mol. The van der Waals surface area contributed by atoms with E-state index in [-0.39, 0.29) is 12.5 Å². The quantitative estimate of drug-likeness (QED) is 0.822. The Balaban J connectivity index is 2.25. The number of rotatable bonds is 5. The number of hydrogen-bond acceptors (Lipinski definition) is 4. The van der Waals surface area contributed by atoms with E-state index >= 15 is 0 Å². The highest BCUT2D eigenvalue weighted by Gasteiger charge is 2.26. The number of anilines is 1. The molecule has 7 heteroatoms. The van der Waals surface area contributed by atoms with Crippen LogP contribution >= 0.6 is 0 Å². The van der Waals surface area contributed by atoms with Crippen molar-refractivity contribution in [2.45, 2.75) is 19.3 Å². The molecule has 1 heterocycles. The first-order valence-corrected chi connectivity index (χ1v) is 9.17. The maximum Gasteiger partial charge on any atom is 0.243 e. The van der Waals surface area contributed by atoms with Crippen LogP contribution in [0.4, 0.5) is 5.69 Å². The van der Waals surface area contributed by atoms with Crippen LogP contribution in [0.25, 0.3) is 0 Å². The van der Waals surface area contributed by atoms with Gasteiger partial charge in [0.1, 0.15) is 12.3 Å². The zero-order chi connectivity index (χ0) is 16.2. The molecule has 0 radical (unpaired) electrons. The first-order chi connectivity index (χ1) is 10.4. The molecule has 1 aromatic carbocycles. The van der Waals surface area contributed by atoms with Crippen molar-refractivity contribution in [1.82, 2.24) is 4.90 Å². The Kier molecular flexibility index (Phi) is 5.28. The SMILES string of the molecule is COc1ccccc1N(CC(=O)N1CCCCC1)S(C)(=O)=O. The van der Waals surface area contributed by atoms with Crippen molar-refractivity contribution in [3.05, 3.63) is 24.3 Å². The monoisotopic (exact) mass is 326 g/mol. The zero-order valence-corrected chi connectivity index (χ0v) is 13.8. The molecule has 1 saturated heterocycles. The second kappa shape index (κ2) is 7.00. The third-order valence-electron chi connectivity index (χ3n) is 3.74. The predicted octanol–water partition coefficient (Wildman–Crippen LogP) is 1.47. The minimum atomic E-state index is -3.58. The van der Waals surface area contributed by atoms with E-state index in [0.717, 1.165) is 29.8 Å². The number of carbonyl (C=O) groups is 1. The molecule has 0 unspecified atom stereocenters. The Hall–Kier alpha value is -1.76. The second-order valence-electron chi connectivity index (χ2n) is 5.38. The number of sulfonamides is 1. The van der Waals surface area contributed by atoms with Gasteiger partial charge in [-0.05, 0) is 31.4 Å². The number of carbonyl (C=O) groups excluding carboxylic acids is 1. The fourth-order valence-electron chi connectivity index (χ4n) is 2.58. The lowest BCUT2D eigenvalue weighted by Crippen LogP contribution is -2.44. The Bertz CT molecular complexity index is 624. The summed E-state index contributed by atoms with van der Waals surface area (Å²) < 4.78 is 30.6. The molecule has 1 amide bonds. The van der Waals surface area contributed by atoms with Crippen LogP contribution in [0.2, 0.25) is 0 Å². The molecule has 0 atom stereocenters. The minimum Gasteiger partial charge on any atom is -0.495 e. The van der Waals surface area contributed by atoms with E-state index in [9.17, 15) is 13.2 Å². The highest BCUT2D eigenvalue weighted by molar-refractivity contribution is 7.92. The van der Waals surface area contributed by atoms with Gasteiger partial charge in [0.15, 0.2) is 0 Å². The van der Waals surface area contributed by atoms with Crippen molar-refractivity contribution < 1.29 is 17.9 Å². The van der Waals surface area contributed by atoms with E-state index in [4.69, 9.17) is 4.74 Å². The Morgan fingerprint density at radius 3 is 2.45 bits per heavy atom. The van der Waals surface area contributed by atoms with E-state index in [1.165, 1.54) is 7.11 Å². The third-order valence-corrected chi connectivity index (χ3v) is 4.87. The number of nitrogens with zero attached hydrogens (tertiary/aromatic N) is 2. The molecular formula is C15H22N2O4S. The molecular weight excluding hydrogens is 304 g/mol. The van der Waals surface area contributed by atoms with Crippen LogP contribution in [0.5, 0.6) is 5.75 Å². The molecule has 1 aliphatic rings. The molecule has 0 N–H and O–H groups in total. The normalized spacial score (nSPS) is 15.5. The van der Waals surface area contributed by atoms with Gasteiger partial charge in [0.05, 0.1) is 19.1 Å². The van der Waals surface area contributed by atoms with Crippen LogP contribution in [0, 0.1) is 0 Å². The van der Waals surface area contributed by atoms with E-state index in [1.807, 2.05) is 0 Å². The fourth-order valence-corrected chi connectivity index (χ4v) is 3.44. The molecule has 0 bridgehead atoms. The van der Waals surface area contributed by atoms with Crippen LogP contribution in [0.3, 0.4) is 0 Å². The summed E-state index contributed by atoms with van der Waals surface area (Å²) in [4.78, 5) is 14.1. The van der Waals surface area contributed by atoms with Crippen molar-refractivity contribution in [2.24, 2.45) is 0 Å². The highest BCUT2D eigenvalue weighted by atomic mass is 32.2. The number of hydrogen-bond donors (Lipinski definition) is 0. The summed E-state index contributed by atoms with van der Waals surface area (Å²) in [6, 6.07) is 6.80. The topological polar surface area (TPSA) is 66.9 Å². The van der Waals surface area contributed by atoms with Gasteiger partial charge in [0, 0.05) is 13.1 Å². The molecule has 0 aliphatic carbocycles. The molecule has 0 aromatic heterocycles. The van der Waals surface area contributed by atoms with E-state index in [2.05, 4.69) is 0 Å². The van der Waals surface area contributed by atoms with Crippen molar-refractivity contribution in [3.8, 4) is 5.75 Å². The molecule has 22 heavy (non-hydrogen) atoms. The lowest BCUT2D eigenvalue weighted by Gasteiger charge is -2.30. The van der Waals surface area contributed by atoms with Gasteiger partial charge in [0.2, 0.25) is 15.9 Å². The largest absolute Gasteiger partial charge is 0.495 e. The van der Waals surface area contributed by atoms with Crippen LogP contribution in [0.15, 0.2) is 24.3 Å². The third kappa shape index (κ3) is 3.91. The van der Waals surface area contributed by atoms with Gasteiger partial charge in [-0.25, -0.2) is 8.42 Å². The summed E-state index contributed by atoms with van der Waals surface area (Å²) in [5.74, 6) is 0.260. The van der Waals surface area contributed by atoms with E-state index < -0.39 is 10.0 Å². The van der Waals surface area contributed by atoms with Crippen LogP contribution in [-0.2, 0) is 14.8 Å². The average Bonchev–Trinajstić information content (AvgIpc) is 2.52. The smallest absolute Gasteiger partial charge is 0.243 e. The van der Waals surface area contributed by atoms with E-state index in [0.29, 0.717) is 24.5 Å². The van der Waals surface area contributed by atoms with Crippen molar-refractivity contribution in [3.63, 3.8) is 0 Å². The van der Waals surface area contributed by atoms with Crippen molar-refractivity contribution in [1.29, 1.82) is 0 Å². The summed E-state index contributed by atoms with van der Waals surface area (Å²) in [5, 5.41) is 0. The summed E-state index contributed by atoms with van der Waals surface area (Å²) in [5.41, 5.74) is 0.387. The van der Waals surface area contributed by atoms with Crippen LogP contribution in [-0.4, -0.2) is 52.2 Å². The van der Waals surface area contributed by atoms with Gasteiger partial charge in [-0.1, -0.05) is 12.1 Å². The van der Waals surface area contributed by atoms with Gasteiger partial charge in [-0.2, -0.15) is 0 Å². The number of likely N-dealkylation sites (tertiary alicyclic amines) is 1. The number of para-hydroxylation sites is 2. The summed E-state index contributed by atoms with van der Waals surface area (Å²) in [6.45, 7) is 1.20. The van der Waals surface area contributed by atoms with E-state index in [1.54, 1.807) is 29.2 Å². The van der Waals surface area contributed by atoms with Gasteiger partial charge in [0.25, 0.3) is 0 Å². The standard InChI is InChI=1S/C15H22N2O4S/c1-21-14-9-5-4-8-13(14)17(22(2,19)20)12-15(18)16-10-6-3-7-11-16/h4-5,8-9H,3,6-7,10-12H2,1-2H3. The van der Waals surface area contributed by atoms with Crippen molar-refractivity contribution in [2.75, 3.05) is 37.3 Å². The highest BCUT2D eigenvalue weighted by Crippen LogP contribution is 2.29. The molecule has 1 fully saturated rings. The number of methoxy groups -OCH3 is 1. The van der Waals surface area contributed by atoms with Crippen LogP contribution in [0.1, 0.15) is 19.3 Å². The van der Waals surface area contributed by atoms with Gasteiger partial charge in [-0.15, -0.1) is 0 Å². The number of piperidine rings is 1. The molecule has 1 aromatic rings.